The van der Waals surface area contributed by atoms with E-state index >= 15 is 0 Å². The van der Waals surface area contributed by atoms with Gasteiger partial charge in [-0.05, 0) is 67.6 Å². The Labute approximate surface area is 281 Å². The lowest BCUT2D eigenvalue weighted by molar-refractivity contribution is -0.137. The predicted molar refractivity (Wildman–Crippen MR) is 175 cm³/mol. The van der Waals surface area contributed by atoms with Crippen molar-refractivity contribution in [3.8, 4) is 28.7 Å². The van der Waals surface area contributed by atoms with Crippen molar-refractivity contribution in [2.24, 2.45) is 0 Å². The summed E-state index contributed by atoms with van der Waals surface area (Å²) in [7, 11) is 0. The van der Waals surface area contributed by atoms with Crippen molar-refractivity contribution < 1.29 is 42.0 Å². The van der Waals surface area contributed by atoms with Crippen LogP contribution in [0.2, 0.25) is 5.02 Å². The molecule has 6 rings (SSSR count). The van der Waals surface area contributed by atoms with Crippen LogP contribution in [0.3, 0.4) is 0 Å². The van der Waals surface area contributed by atoms with Gasteiger partial charge in [0.15, 0.2) is 11.5 Å². The maximum absolute atomic E-state index is 13.2. The molecule has 0 aliphatic carbocycles. The van der Waals surface area contributed by atoms with E-state index in [2.05, 4.69) is 9.88 Å². The van der Waals surface area contributed by atoms with Gasteiger partial charge in [-0.15, -0.1) is 0 Å². The van der Waals surface area contributed by atoms with E-state index in [0.29, 0.717) is 65.0 Å². The number of aromatic nitrogens is 1. The highest BCUT2D eigenvalue weighted by molar-refractivity contribution is 6.31. The first-order chi connectivity index (χ1) is 22.9. The van der Waals surface area contributed by atoms with Gasteiger partial charge >= 0.3 is 6.18 Å². The summed E-state index contributed by atoms with van der Waals surface area (Å²) in [5, 5.41) is 10.4. The Morgan fingerprint density at radius 1 is 0.979 bits per heavy atom. The maximum Gasteiger partial charge on any atom is 0.417 e. The number of halogens is 4. The Morgan fingerprint density at radius 3 is 2.40 bits per heavy atom. The number of alkyl halides is 3. The number of fused-ring (bicyclic) bond motifs is 3. The van der Waals surface area contributed by atoms with Gasteiger partial charge in [0.2, 0.25) is 5.75 Å². The van der Waals surface area contributed by atoms with E-state index in [4.69, 9.17) is 30.5 Å². The summed E-state index contributed by atoms with van der Waals surface area (Å²) in [6, 6.07) is 14.0. The highest BCUT2D eigenvalue weighted by Crippen LogP contribution is 2.48. The summed E-state index contributed by atoms with van der Waals surface area (Å²) in [4.78, 5) is 19.6. The van der Waals surface area contributed by atoms with Gasteiger partial charge in [0, 0.05) is 44.7 Å². The molecule has 0 spiro atoms. The molecule has 4 aromatic rings. The minimum absolute atomic E-state index is 0.0457. The molecule has 48 heavy (non-hydrogen) atoms. The molecule has 1 aromatic heterocycles. The van der Waals surface area contributed by atoms with E-state index in [1.54, 1.807) is 36.5 Å². The number of benzene rings is 3. The van der Waals surface area contributed by atoms with Crippen LogP contribution in [0, 0.1) is 0 Å². The Morgan fingerprint density at radius 2 is 1.67 bits per heavy atom. The monoisotopic (exact) mass is 684 g/mol. The molecule has 3 aromatic carbocycles. The van der Waals surface area contributed by atoms with E-state index in [0.717, 1.165) is 51.0 Å². The van der Waals surface area contributed by atoms with Crippen LogP contribution in [0.15, 0.2) is 60.8 Å². The molecule has 2 aliphatic rings. The summed E-state index contributed by atoms with van der Waals surface area (Å²) < 4.78 is 64.1. The third-order valence-corrected chi connectivity index (χ3v) is 8.87. The van der Waals surface area contributed by atoms with Crippen molar-refractivity contribution in [1.82, 2.24) is 9.88 Å². The average molecular weight is 685 g/mol. The molecule has 12 heteroatoms. The highest BCUT2D eigenvalue weighted by atomic mass is 35.5. The summed E-state index contributed by atoms with van der Waals surface area (Å²) >= 11 is 5.70. The molecule has 0 amide bonds. The Hall–Kier alpha value is -4.06. The molecule has 254 valence electrons. The number of pyridine rings is 1. The van der Waals surface area contributed by atoms with Gasteiger partial charge < -0.3 is 29.0 Å². The number of aliphatic hydroxyl groups is 1. The fourth-order valence-corrected chi connectivity index (χ4v) is 6.14. The lowest BCUT2D eigenvalue weighted by atomic mass is 9.94. The smallest absolute Gasteiger partial charge is 0.417 e. The van der Waals surface area contributed by atoms with Crippen molar-refractivity contribution in [1.29, 1.82) is 0 Å². The third kappa shape index (κ3) is 8.14. The number of carbonyl (C=O) groups is 1. The first-order valence-electron chi connectivity index (χ1n) is 15.9. The van der Waals surface area contributed by atoms with Crippen LogP contribution in [0.4, 0.5) is 13.2 Å². The van der Waals surface area contributed by atoms with E-state index in [-0.39, 0.29) is 24.2 Å². The molecule has 1 saturated heterocycles. The zero-order chi connectivity index (χ0) is 33.9. The molecular formula is C36H36ClF3N2O6. The highest BCUT2D eigenvalue weighted by Gasteiger charge is 2.33. The maximum atomic E-state index is 13.2. The zero-order valence-corrected chi connectivity index (χ0v) is 27.2. The van der Waals surface area contributed by atoms with Crippen molar-refractivity contribution in [2.75, 3.05) is 39.5 Å². The molecule has 0 radical (unpaired) electrons. The van der Waals surface area contributed by atoms with Gasteiger partial charge in [-0.2, -0.15) is 13.2 Å². The van der Waals surface area contributed by atoms with Gasteiger partial charge in [-0.25, -0.2) is 0 Å². The molecule has 2 aliphatic heterocycles. The van der Waals surface area contributed by atoms with E-state index in [1.807, 2.05) is 13.0 Å². The van der Waals surface area contributed by atoms with E-state index in [1.165, 1.54) is 6.07 Å². The Balaban J connectivity index is 1.11. The molecule has 0 saturated carbocycles. The summed E-state index contributed by atoms with van der Waals surface area (Å²) in [6.07, 6.45) is -0.725. The molecule has 0 atom stereocenters. The van der Waals surface area contributed by atoms with E-state index < -0.39 is 22.4 Å². The first-order valence-corrected chi connectivity index (χ1v) is 16.3. The van der Waals surface area contributed by atoms with Crippen LogP contribution in [0.5, 0.6) is 28.7 Å². The van der Waals surface area contributed by atoms with Crippen LogP contribution in [0.25, 0.3) is 10.9 Å². The second-order valence-corrected chi connectivity index (χ2v) is 12.8. The van der Waals surface area contributed by atoms with Crippen LogP contribution >= 0.6 is 11.6 Å². The molecule has 8 nitrogen and oxygen atoms in total. The fraction of sp³-hybridized carbons (Fsp3) is 0.389. The molecule has 0 bridgehead atoms. The number of hydrogen-bond acceptors (Lipinski definition) is 8. The molecule has 3 heterocycles. The largest absolute Gasteiger partial charge is 0.489 e. The number of likely N-dealkylation sites (tertiary alicyclic amines) is 1. The van der Waals surface area contributed by atoms with Gasteiger partial charge in [0.05, 0.1) is 33.7 Å². The second kappa shape index (κ2) is 14.2. The molecule has 1 fully saturated rings. The second-order valence-electron chi connectivity index (χ2n) is 12.4. The standard InChI is InChI=1S/C36H36ClF3N2O6/c1-35(44)10-14-42(15-11-35)13-2-16-45-31-22-29-32(34-33(31)46-17-18-47-34)30(9-12-41-29)48-26-6-3-23(4-7-26)19-25(43)20-24-5-8-28(37)27(21-24)36(38,39)40/h3-9,12,21-22,44H,2,10-11,13-20H2,1H3. The van der Waals surface area contributed by atoms with Gasteiger partial charge in [-0.3, -0.25) is 9.78 Å². The lowest BCUT2D eigenvalue weighted by Crippen LogP contribution is -2.42. The Kier molecular flexibility index (Phi) is 10.0. The zero-order valence-electron chi connectivity index (χ0n) is 26.4. The molecule has 0 unspecified atom stereocenters. The lowest BCUT2D eigenvalue weighted by Gasteiger charge is -2.35. The quantitative estimate of drug-likeness (QED) is 0.163. The van der Waals surface area contributed by atoms with Crippen molar-refractivity contribution in [3.63, 3.8) is 0 Å². The number of nitrogens with zero attached hydrogens (tertiary/aromatic N) is 2. The van der Waals surface area contributed by atoms with Gasteiger partial charge in [0.25, 0.3) is 0 Å². The van der Waals surface area contributed by atoms with Crippen LogP contribution in [-0.2, 0) is 23.8 Å². The fourth-order valence-electron chi connectivity index (χ4n) is 5.91. The third-order valence-electron chi connectivity index (χ3n) is 8.54. The van der Waals surface area contributed by atoms with Crippen LogP contribution in [-0.4, -0.2) is 65.8 Å². The number of hydrogen-bond donors (Lipinski definition) is 1. The summed E-state index contributed by atoms with van der Waals surface area (Å²) in [5.74, 6) is 2.32. The minimum Gasteiger partial charge on any atom is -0.489 e. The normalized spacial score (nSPS) is 16.1. The first kappa shape index (κ1) is 33.8. The van der Waals surface area contributed by atoms with E-state index in [9.17, 15) is 23.1 Å². The van der Waals surface area contributed by atoms with Crippen LogP contribution < -0.4 is 18.9 Å². The van der Waals surface area contributed by atoms with Gasteiger partial charge in [-0.1, -0.05) is 29.8 Å². The predicted octanol–water partition coefficient (Wildman–Crippen LogP) is 7.44. The summed E-state index contributed by atoms with van der Waals surface area (Å²) in [5.41, 5.74) is 0.0220. The number of carbonyl (C=O) groups excluding carboxylic acids is 1. The SMILES string of the molecule is CC1(O)CCN(CCCOc2cc3nccc(Oc4ccc(CC(=O)Cc5ccc(Cl)c(C(F)(F)F)c5)cc4)c3c3c2OCCO3)CC1. The van der Waals surface area contributed by atoms with Crippen molar-refractivity contribution in [2.45, 2.75) is 50.8 Å². The molecule has 1 N–H and O–H groups in total. The van der Waals surface area contributed by atoms with Gasteiger partial charge in [0.1, 0.15) is 30.5 Å². The molecular weight excluding hydrogens is 649 g/mol. The van der Waals surface area contributed by atoms with Crippen molar-refractivity contribution >= 4 is 28.3 Å². The van der Waals surface area contributed by atoms with Crippen LogP contribution in [0.1, 0.15) is 42.9 Å². The van der Waals surface area contributed by atoms with Crippen molar-refractivity contribution in [3.05, 3.63) is 82.5 Å². The average Bonchev–Trinajstić information content (AvgIpc) is 3.05. The summed E-state index contributed by atoms with van der Waals surface area (Å²) in [6.45, 7) is 5.70. The number of rotatable bonds is 11. The topological polar surface area (TPSA) is 90.4 Å². The number of ketones is 1. The minimum atomic E-state index is -4.60. The Bertz CT molecular complexity index is 1770. The number of piperidine rings is 1. The number of ether oxygens (including phenoxy) is 4. The number of Topliss-reactive ketones (excluding diaryl/α,β-unsaturated/α-hetero) is 1.